The third-order valence-electron chi connectivity index (χ3n) is 3.64. The zero-order valence-corrected chi connectivity index (χ0v) is 11.1. The summed E-state index contributed by atoms with van der Waals surface area (Å²) in [5, 5.41) is 0. The number of nitrogens with two attached hydrogens (primary N) is 1. The summed E-state index contributed by atoms with van der Waals surface area (Å²) in [4.78, 5) is 16.3. The van der Waals surface area contributed by atoms with Gasteiger partial charge >= 0.3 is 0 Å². The van der Waals surface area contributed by atoms with Crippen LogP contribution in [0.1, 0.15) is 12.0 Å². The Morgan fingerprint density at radius 3 is 2.78 bits per heavy atom. The highest BCUT2D eigenvalue weighted by Crippen LogP contribution is 2.17. The molecule has 4 heteroatoms. The first kappa shape index (κ1) is 12.9. The minimum Gasteiger partial charge on any atom is -0.398 e. The van der Waals surface area contributed by atoms with Gasteiger partial charge in [0.1, 0.15) is 0 Å². The van der Waals surface area contributed by atoms with Crippen molar-refractivity contribution in [1.82, 2.24) is 9.80 Å². The van der Waals surface area contributed by atoms with Crippen LogP contribution in [0.25, 0.3) is 0 Å². The molecule has 98 valence electrons. The molecule has 0 bridgehead atoms. The van der Waals surface area contributed by atoms with Crippen molar-refractivity contribution >= 4 is 11.6 Å². The molecule has 1 aromatic carbocycles. The molecule has 0 spiro atoms. The zero-order chi connectivity index (χ0) is 13.1. The van der Waals surface area contributed by atoms with E-state index in [1.807, 2.05) is 29.2 Å². The monoisotopic (exact) mass is 247 g/mol. The molecular formula is C14H21N3O. The molecule has 1 heterocycles. The molecule has 0 saturated carbocycles. The van der Waals surface area contributed by atoms with Gasteiger partial charge in [-0.25, -0.2) is 0 Å². The minimum atomic E-state index is 0.178. The quantitative estimate of drug-likeness (QED) is 0.810. The summed E-state index contributed by atoms with van der Waals surface area (Å²) in [6.45, 7) is 1.69. The maximum atomic E-state index is 12.2. The number of likely N-dealkylation sites (tertiary alicyclic amines) is 1. The van der Waals surface area contributed by atoms with E-state index in [4.69, 9.17) is 5.73 Å². The van der Waals surface area contributed by atoms with Crippen LogP contribution in [0.5, 0.6) is 0 Å². The molecule has 2 rings (SSSR count). The number of hydrogen-bond donors (Lipinski definition) is 1. The van der Waals surface area contributed by atoms with Gasteiger partial charge in [0.05, 0.1) is 6.42 Å². The van der Waals surface area contributed by atoms with Crippen LogP contribution in [0.4, 0.5) is 5.69 Å². The van der Waals surface area contributed by atoms with E-state index in [1.54, 1.807) is 0 Å². The minimum absolute atomic E-state index is 0.178. The van der Waals surface area contributed by atoms with E-state index < -0.39 is 0 Å². The fourth-order valence-corrected chi connectivity index (χ4v) is 2.36. The lowest BCUT2D eigenvalue weighted by Gasteiger charge is -2.20. The van der Waals surface area contributed by atoms with Gasteiger partial charge in [-0.1, -0.05) is 18.2 Å². The summed E-state index contributed by atoms with van der Waals surface area (Å²) in [7, 11) is 4.13. The summed E-state index contributed by atoms with van der Waals surface area (Å²) < 4.78 is 0. The number of hydrogen-bond acceptors (Lipinski definition) is 3. The maximum Gasteiger partial charge on any atom is 0.227 e. The predicted molar refractivity (Wildman–Crippen MR) is 73.2 cm³/mol. The Morgan fingerprint density at radius 2 is 2.17 bits per heavy atom. The molecule has 1 saturated heterocycles. The number of carbonyl (C=O) groups excluding carboxylic acids is 1. The Hall–Kier alpha value is -1.55. The van der Waals surface area contributed by atoms with Crippen molar-refractivity contribution in [2.45, 2.75) is 18.9 Å². The van der Waals surface area contributed by atoms with Crippen LogP contribution in [-0.4, -0.2) is 48.9 Å². The highest BCUT2D eigenvalue weighted by molar-refractivity contribution is 5.80. The van der Waals surface area contributed by atoms with E-state index in [2.05, 4.69) is 19.0 Å². The van der Waals surface area contributed by atoms with E-state index in [0.29, 0.717) is 18.2 Å². The Kier molecular flexibility index (Phi) is 3.87. The lowest BCUT2D eigenvalue weighted by atomic mass is 10.1. The second-order valence-corrected chi connectivity index (χ2v) is 5.12. The number of carbonyl (C=O) groups is 1. The number of nitrogen functional groups attached to an aromatic ring is 1. The second-order valence-electron chi connectivity index (χ2n) is 5.12. The van der Waals surface area contributed by atoms with E-state index >= 15 is 0 Å². The average Bonchev–Trinajstić information content (AvgIpc) is 2.81. The number of nitrogens with zero attached hydrogens (tertiary/aromatic N) is 2. The topological polar surface area (TPSA) is 49.6 Å². The summed E-state index contributed by atoms with van der Waals surface area (Å²) in [5.74, 6) is 0.178. The number of benzene rings is 1. The molecule has 2 N–H and O–H groups in total. The molecule has 1 amide bonds. The van der Waals surface area contributed by atoms with Crippen LogP contribution >= 0.6 is 0 Å². The van der Waals surface area contributed by atoms with Crippen molar-refractivity contribution in [3.8, 4) is 0 Å². The summed E-state index contributed by atoms with van der Waals surface area (Å²) in [5.41, 5.74) is 7.49. The van der Waals surface area contributed by atoms with Gasteiger partial charge in [-0.3, -0.25) is 4.79 Å². The number of para-hydroxylation sites is 1. The maximum absolute atomic E-state index is 12.2. The van der Waals surface area contributed by atoms with Crippen molar-refractivity contribution in [3.05, 3.63) is 29.8 Å². The molecule has 0 radical (unpaired) electrons. The highest BCUT2D eigenvalue weighted by Gasteiger charge is 2.27. The van der Waals surface area contributed by atoms with Gasteiger partial charge in [0, 0.05) is 24.8 Å². The van der Waals surface area contributed by atoms with Crippen LogP contribution in [0.3, 0.4) is 0 Å². The van der Waals surface area contributed by atoms with Gasteiger partial charge in [-0.15, -0.1) is 0 Å². The molecular weight excluding hydrogens is 226 g/mol. The number of anilines is 1. The molecule has 0 aromatic heterocycles. The van der Waals surface area contributed by atoms with Crippen molar-refractivity contribution in [3.63, 3.8) is 0 Å². The fourth-order valence-electron chi connectivity index (χ4n) is 2.36. The van der Waals surface area contributed by atoms with E-state index in [1.165, 1.54) is 0 Å². The predicted octanol–water partition coefficient (Wildman–Crippen LogP) is 0.974. The normalized spacial score (nSPS) is 19.5. The lowest BCUT2D eigenvalue weighted by molar-refractivity contribution is -0.129. The highest BCUT2D eigenvalue weighted by atomic mass is 16.2. The van der Waals surface area contributed by atoms with Crippen LogP contribution in [0.2, 0.25) is 0 Å². The van der Waals surface area contributed by atoms with Crippen molar-refractivity contribution in [1.29, 1.82) is 0 Å². The standard InChI is InChI=1S/C14H21N3O/c1-16(2)12-7-8-17(10-12)14(18)9-11-5-3-4-6-13(11)15/h3-6,12H,7-10,15H2,1-2H3. The molecule has 1 atom stereocenters. The smallest absolute Gasteiger partial charge is 0.227 e. The van der Waals surface area contributed by atoms with Crippen molar-refractivity contribution in [2.24, 2.45) is 0 Å². The first-order valence-corrected chi connectivity index (χ1v) is 6.35. The third kappa shape index (κ3) is 2.82. The summed E-state index contributed by atoms with van der Waals surface area (Å²) in [6.07, 6.45) is 1.47. The molecule has 0 aliphatic carbocycles. The molecule has 1 fully saturated rings. The van der Waals surface area contributed by atoms with Gasteiger partial charge in [0.25, 0.3) is 0 Å². The molecule has 1 aliphatic heterocycles. The first-order chi connectivity index (χ1) is 8.58. The molecule has 18 heavy (non-hydrogen) atoms. The Morgan fingerprint density at radius 1 is 1.44 bits per heavy atom. The summed E-state index contributed by atoms with van der Waals surface area (Å²) in [6, 6.07) is 8.07. The SMILES string of the molecule is CN(C)C1CCN(C(=O)Cc2ccccc2N)C1. The first-order valence-electron chi connectivity index (χ1n) is 6.35. The van der Waals surface area contributed by atoms with Crippen molar-refractivity contribution < 1.29 is 4.79 Å². The van der Waals surface area contributed by atoms with Crippen LogP contribution in [-0.2, 0) is 11.2 Å². The largest absolute Gasteiger partial charge is 0.398 e. The van der Waals surface area contributed by atoms with Crippen LogP contribution < -0.4 is 5.73 Å². The molecule has 1 unspecified atom stereocenters. The molecule has 1 aromatic rings. The van der Waals surface area contributed by atoms with Gasteiger partial charge in [0.15, 0.2) is 0 Å². The number of rotatable bonds is 3. The fraction of sp³-hybridized carbons (Fsp3) is 0.500. The second kappa shape index (κ2) is 5.40. The van der Waals surface area contributed by atoms with Gasteiger partial charge in [-0.2, -0.15) is 0 Å². The van der Waals surface area contributed by atoms with Crippen LogP contribution in [0.15, 0.2) is 24.3 Å². The Labute approximate surface area is 108 Å². The van der Waals surface area contributed by atoms with E-state index in [-0.39, 0.29) is 5.91 Å². The van der Waals surface area contributed by atoms with Gasteiger partial charge in [-0.05, 0) is 32.1 Å². The summed E-state index contributed by atoms with van der Waals surface area (Å²) >= 11 is 0. The van der Waals surface area contributed by atoms with Gasteiger partial charge in [0.2, 0.25) is 5.91 Å². The van der Waals surface area contributed by atoms with E-state index in [0.717, 1.165) is 25.1 Å². The molecule has 4 nitrogen and oxygen atoms in total. The Bertz CT molecular complexity index is 431. The van der Waals surface area contributed by atoms with Crippen LogP contribution in [0, 0.1) is 0 Å². The number of likely N-dealkylation sites (N-methyl/N-ethyl adjacent to an activating group) is 1. The van der Waals surface area contributed by atoms with Gasteiger partial charge < -0.3 is 15.5 Å². The zero-order valence-electron chi connectivity index (χ0n) is 11.1. The number of amides is 1. The third-order valence-corrected chi connectivity index (χ3v) is 3.64. The van der Waals surface area contributed by atoms with Crippen molar-refractivity contribution in [2.75, 3.05) is 32.9 Å². The van der Waals surface area contributed by atoms with E-state index in [9.17, 15) is 4.79 Å². The lowest BCUT2D eigenvalue weighted by Crippen LogP contribution is -2.35. The Balaban J connectivity index is 1.96. The average molecular weight is 247 g/mol. The molecule has 1 aliphatic rings.